The number of alkyl halides is 2. The first-order chi connectivity index (χ1) is 16.7. The van der Waals surface area contributed by atoms with Gasteiger partial charge in [-0.2, -0.15) is 14.0 Å². The summed E-state index contributed by atoms with van der Waals surface area (Å²) in [5.74, 6) is -2.06. The molecule has 1 heterocycles. The predicted molar refractivity (Wildman–Crippen MR) is 126 cm³/mol. The Morgan fingerprint density at radius 1 is 1.11 bits per heavy atom. The van der Waals surface area contributed by atoms with Gasteiger partial charge in [-0.3, -0.25) is 0 Å². The molecule has 0 radical (unpaired) electrons. The minimum absolute atomic E-state index is 0.0701. The summed E-state index contributed by atoms with van der Waals surface area (Å²) in [5, 5.41) is 20.0. The van der Waals surface area contributed by atoms with Crippen LogP contribution in [0.25, 0.3) is 22.6 Å². The van der Waals surface area contributed by atoms with Gasteiger partial charge in [-0.1, -0.05) is 35.9 Å². The standard InChI is InChI=1S/C26H16ClF3N2O3/c27-20-6-8-22-19(9-18(12-31)15-1-3-16(4-2-15)25(33)34)14-32(24(22)10-20)13-17-5-7-21(11-23(17)28)35-26(29)30/h1-11,14,26H,13H2,(H,33,34). The number of carboxylic acid groups (broad SMARTS) is 1. The van der Waals surface area contributed by atoms with Gasteiger partial charge in [0.2, 0.25) is 0 Å². The molecule has 0 saturated heterocycles. The minimum Gasteiger partial charge on any atom is -0.478 e. The second-order valence-corrected chi connectivity index (χ2v) is 7.99. The van der Waals surface area contributed by atoms with E-state index in [4.69, 9.17) is 16.7 Å². The van der Waals surface area contributed by atoms with E-state index in [0.717, 1.165) is 11.5 Å². The molecule has 0 spiro atoms. The van der Waals surface area contributed by atoms with Crippen molar-refractivity contribution >= 4 is 40.1 Å². The molecule has 1 aromatic heterocycles. The van der Waals surface area contributed by atoms with Gasteiger partial charge in [0.1, 0.15) is 11.6 Å². The summed E-state index contributed by atoms with van der Waals surface area (Å²) in [5.41, 5.74) is 2.51. The normalized spacial score (nSPS) is 11.6. The largest absolute Gasteiger partial charge is 0.478 e. The zero-order valence-electron chi connectivity index (χ0n) is 17.9. The second kappa shape index (κ2) is 9.95. The molecule has 5 nitrogen and oxygen atoms in total. The molecule has 0 amide bonds. The Kier molecular flexibility index (Phi) is 6.80. The van der Waals surface area contributed by atoms with Crippen LogP contribution >= 0.6 is 11.6 Å². The lowest BCUT2D eigenvalue weighted by atomic mass is 10.0. The number of ether oxygens (including phenoxy) is 1. The number of benzene rings is 3. The van der Waals surface area contributed by atoms with Crippen LogP contribution in [0.1, 0.15) is 27.0 Å². The lowest BCUT2D eigenvalue weighted by Gasteiger charge is -2.09. The number of fused-ring (bicyclic) bond motifs is 1. The van der Waals surface area contributed by atoms with Crippen molar-refractivity contribution in [3.05, 3.63) is 100.0 Å². The molecule has 0 aliphatic rings. The lowest BCUT2D eigenvalue weighted by molar-refractivity contribution is -0.0500. The zero-order valence-corrected chi connectivity index (χ0v) is 18.6. The Morgan fingerprint density at radius 2 is 1.83 bits per heavy atom. The van der Waals surface area contributed by atoms with Crippen LogP contribution in [0.3, 0.4) is 0 Å². The van der Waals surface area contributed by atoms with Crippen LogP contribution in [0, 0.1) is 17.1 Å². The SMILES string of the molecule is N#CC(=Cc1cn(Cc2ccc(OC(F)F)cc2F)c2cc(Cl)ccc12)c1ccc(C(=O)O)cc1. The molecule has 4 rings (SSSR count). The predicted octanol–water partition coefficient (Wildman–Crippen LogP) is 6.85. The van der Waals surface area contributed by atoms with E-state index in [1.165, 1.54) is 24.3 Å². The van der Waals surface area contributed by atoms with Crippen molar-refractivity contribution in [2.75, 3.05) is 0 Å². The Bertz CT molecular complexity index is 1490. The number of aromatic nitrogens is 1. The number of hydrogen-bond acceptors (Lipinski definition) is 3. The average Bonchev–Trinajstić information content (AvgIpc) is 3.15. The fraction of sp³-hybridized carbons (Fsp3) is 0.0769. The van der Waals surface area contributed by atoms with E-state index in [1.807, 2.05) is 0 Å². The van der Waals surface area contributed by atoms with Gasteiger partial charge in [-0.25, -0.2) is 9.18 Å². The minimum atomic E-state index is -3.06. The van der Waals surface area contributed by atoms with Crippen LogP contribution in [0.4, 0.5) is 13.2 Å². The van der Waals surface area contributed by atoms with Gasteiger partial charge < -0.3 is 14.4 Å². The van der Waals surface area contributed by atoms with Crippen molar-refractivity contribution in [1.82, 2.24) is 4.57 Å². The zero-order chi connectivity index (χ0) is 25.1. The van der Waals surface area contributed by atoms with Gasteiger partial charge in [0, 0.05) is 33.8 Å². The van der Waals surface area contributed by atoms with Crippen molar-refractivity contribution in [3.63, 3.8) is 0 Å². The highest BCUT2D eigenvalue weighted by Crippen LogP contribution is 2.30. The van der Waals surface area contributed by atoms with E-state index < -0.39 is 18.4 Å². The molecule has 0 atom stereocenters. The first-order valence-corrected chi connectivity index (χ1v) is 10.6. The maximum atomic E-state index is 14.6. The molecular weight excluding hydrogens is 481 g/mol. The third kappa shape index (κ3) is 5.31. The number of carboxylic acids is 1. The molecule has 0 aliphatic carbocycles. The maximum Gasteiger partial charge on any atom is 0.387 e. The summed E-state index contributed by atoms with van der Waals surface area (Å²) in [6.45, 7) is -2.99. The molecule has 9 heteroatoms. The first kappa shape index (κ1) is 23.9. The number of nitriles is 1. The van der Waals surface area contributed by atoms with E-state index in [0.29, 0.717) is 27.2 Å². The fourth-order valence-corrected chi connectivity index (χ4v) is 3.85. The summed E-state index contributed by atoms with van der Waals surface area (Å²) in [7, 11) is 0. The summed E-state index contributed by atoms with van der Waals surface area (Å²) in [6.07, 6.45) is 3.38. The van der Waals surface area contributed by atoms with Crippen LogP contribution in [0.5, 0.6) is 5.75 Å². The van der Waals surface area contributed by atoms with E-state index in [-0.39, 0.29) is 23.4 Å². The molecule has 4 aromatic rings. The van der Waals surface area contributed by atoms with Crippen LogP contribution in [-0.4, -0.2) is 22.3 Å². The van der Waals surface area contributed by atoms with Crippen molar-refractivity contribution in [3.8, 4) is 11.8 Å². The number of rotatable bonds is 7. The first-order valence-electron chi connectivity index (χ1n) is 10.2. The maximum absolute atomic E-state index is 14.6. The highest BCUT2D eigenvalue weighted by Gasteiger charge is 2.14. The van der Waals surface area contributed by atoms with Crippen molar-refractivity contribution in [2.45, 2.75) is 13.2 Å². The fourth-order valence-electron chi connectivity index (χ4n) is 3.68. The summed E-state index contributed by atoms with van der Waals surface area (Å²) in [6, 6.07) is 16.7. The molecule has 0 unspecified atom stereocenters. The van der Waals surface area contributed by atoms with E-state index >= 15 is 0 Å². The number of hydrogen-bond donors (Lipinski definition) is 1. The number of nitrogens with zero attached hydrogens (tertiary/aromatic N) is 2. The van der Waals surface area contributed by atoms with Gasteiger partial charge in [-0.15, -0.1) is 0 Å². The highest BCUT2D eigenvalue weighted by atomic mass is 35.5. The Labute approximate surface area is 202 Å². The van der Waals surface area contributed by atoms with Gasteiger partial charge in [0.05, 0.1) is 29.3 Å². The van der Waals surface area contributed by atoms with Crippen LogP contribution in [0.15, 0.2) is 66.9 Å². The molecule has 3 aromatic carbocycles. The smallest absolute Gasteiger partial charge is 0.387 e. The van der Waals surface area contributed by atoms with Crippen molar-refractivity contribution in [2.24, 2.45) is 0 Å². The van der Waals surface area contributed by atoms with Crippen molar-refractivity contribution < 1.29 is 27.8 Å². The molecule has 0 fully saturated rings. The van der Waals surface area contributed by atoms with Gasteiger partial charge >= 0.3 is 12.6 Å². The Balaban J connectivity index is 1.74. The van der Waals surface area contributed by atoms with Crippen LogP contribution in [0.2, 0.25) is 5.02 Å². The number of halogens is 4. The Hall–Kier alpha value is -4.22. The molecule has 35 heavy (non-hydrogen) atoms. The third-order valence-electron chi connectivity index (χ3n) is 5.33. The molecule has 0 bridgehead atoms. The van der Waals surface area contributed by atoms with Crippen molar-refractivity contribution in [1.29, 1.82) is 5.26 Å². The molecule has 176 valence electrons. The molecule has 0 saturated carbocycles. The average molecular weight is 497 g/mol. The quantitative estimate of drug-likeness (QED) is 0.284. The van der Waals surface area contributed by atoms with Crippen LogP contribution < -0.4 is 4.74 Å². The number of carbonyl (C=O) groups is 1. The number of aromatic carboxylic acids is 1. The van der Waals surface area contributed by atoms with Gasteiger partial charge in [0.15, 0.2) is 0 Å². The third-order valence-corrected chi connectivity index (χ3v) is 5.56. The summed E-state index contributed by atoms with van der Waals surface area (Å²) in [4.78, 5) is 11.1. The summed E-state index contributed by atoms with van der Waals surface area (Å²) < 4.78 is 45.4. The second-order valence-electron chi connectivity index (χ2n) is 7.56. The van der Waals surface area contributed by atoms with Crippen LogP contribution in [-0.2, 0) is 6.54 Å². The van der Waals surface area contributed by atoms with E-state index in [9.17, 15) is 23.2 Å². The lowest BCUT2D eigenvalue weighted by Crippen LogP contribution is -2.04. The highest BCUT2D eigenvalue weighted by molar-refractivity contribution is 6.31. The molecular formula is C26H16ClF3N2O3. The molecule has 1 N–H and O–H groups in total. The number of allylic oxidation sites excluding steroid dienone is 1. The monoisotopic (exact) mass is 496 g/mol. The molecule has 0 aliphatic heterocycles. The van der Waals surface area contributed by atoms with E-state index in [2.05, 4.69) is 10.8 Å². The topological polar surface area (TPSA) is 75.2 Å². The van der Waals surface area contributed by atoms with Gasteiger partial charge in [0.25, 0.3) is 0 Å². The van der Waals surface area contributed by atoms with Gasteiger partial charge in [-0.05, 0) is 42.0 Å². The van der Waals surface area contributed by atoms with E-state index in [1.54, 1.807) is 47.2 Å². The summed E-state index contributed by atoms with van der Waals surface area (Å²) >= 11 is 6.18. The Morgan fingerprint density at radius 3 is 2.46 bits per heavy atom.